The minimum Gasteiger partial charge on any atom is -0.271 e. The summed E-state index contributed by atoms with van der Waals surface area (Å²) in [6.07, 6.45) is 1.06. The van der Waals surface area contributed by atoms with Gasteiger partial charge in [0.2, 0.25) is 0 Å². The highest BCUT2D eigenvalue weighted by atomic mass is 32.1. The fourth-order valence-electron chi connectivity index (χ4n) is 2.71. The van der Waals surface area contributed by atoms with E-state index in [1.807, 2.05) is 6.07 Å². The van der Waals surface area contributed by atoms with E-state index in [-0.39, 0.29) is 5.56 Å². The molecule has 1 aliphatic rings. The van der Waals surface area contributed by atoms with E-state index in [0.717, 1.165) is 36.4 Å². The maximum atomic E-state index is 13.1. The molecular weight excluding hydrogens is 299 g/mol. The van der Waals surface area contributed by atoms with Gasteiger partial charge in [-0.3, -0.25) is 10.8 Å². The van der Waals surface area contributed by atoms with Crippen LogP contribution in [0.5, 0.6) is 0 Å². The number of aryl methyl sites for hydroxylation is 2. The average molecular weight is 313 g/mol. The van der Waals surface area contributed by atoms with E-state index in [4.69, 9.17) is 5.84 Å². The Morgan fingerprint density at radius 3 is 2.81 bits per heavy atom. The first-order valence-electron chi connectivity index (χ1n) is 6.59. The zero-order valence-electron chi connectivity index (χ0n) is 11.1. The quantitative estimate of drug-likeness (QED) is 0.676. The van der Waals surface area contributed by atoms with Crippen LogP contribution in [0.15, 0.2) is 24.5 Å². The van der Waals surface area contributed by atoms with Crippen molar-refractivity contribution in [2.45, 2.75) is 31.5 Å². The molecule has 2 aromatic heterocycles. The number of nitrogens with one attached hydrogen (secondary N) is 1. The minimum atomic E-state index is -4.42. The number of aromatic nitrogens is 1. The number of hydrogen-bond acceptors (Lipinski definition) is 4. The second kappa shape index (κ2) is 5.40. The zero-order valence-corrected chi connectivity index (χ0v) is 11.9. The molecule has 1 aliphatic carbocycles. The van der Waals surface area contributed by atoms with Gasteiger partial charge in [0, 0.05) is 27.7 Å². The van der Waals surface area contributed by atoms with Gasteiger partial charge >= 0.3 is 6.18 Å². The lowest BCUT2D eigenvalue weighted by molar-refractivity contribution is -0.138. The first-order valence-corrected chi connectivity index (χ1v) is 7.41. The number of nitrogens with zero attached hydrogens (tertiary/aromatic N) is 1. The highest BCUT2D eigenvalue weighted by molar-refractivity contribution is 7.12. The molecular formula is C14H14F3N3S. The van der Waals surface area contributed by atoms with Crippen molar-refractivity contribution in [3.63, 3.8) is 0 Å². The lowest BCUT2D eigenvalue weighted by Gasteiger charge is -2.19. The molecule has 3 nitrogen and oxygen atoms in total. The Morgan fingerprint density at radius 1 is 1.33 bits per heavy atom. The monoisotopic (exact) mass is 313 g/mol. The zero-order chi connectivity index (χ0) is 15.0. The number of alkyl halides is 3. The summed E-state index contributed by atoms with van der Waals surface area (Å²) in [5, 5.41) is 0. The Morgan fingerprint density at radius 2 is 2.14 bits per heavy atom. The van der Waals surface area contributed by atoms with Crippen LogP contribution in [0.3, 0.4) is 0 Å². The van der Waals surface area contributed by atoms with Crippen molar-refractivity contribution in [3.05, 3.63) is 51.0 Å². The lowest BCUT2D eigenvalue weighted by Crippen LogP contribution is -2.30. The SMILES string of the molecule is NNC(c1cc2c(s1)CCC2)c1cnccc1C(F)(F)F. The molecule has 21 heavy (non-hydrogen) atoms. The van der Waals surface area contributed by atoms with E-state index < -0.39 is 17.8 Å². The van der Waals surface area contributed by atoms with Crippen LogP contribution in [0, 0.1) is 0 Å². The van der Waals surface area contributed by atoms with Crippen molar-refractivity contribution in [2.75, 3.05) is 0 Å². The highest BCUT2D eigenvalue weighted by Crippen LogP contribution is 2.39. The molecule has 2 heterocycles. The predicted molar refractivity (Wildman–Crippen MR) is 74.7 cm³/mol. The fourth-order valence-corrected chi connectivity index (χ4v) is 4.05. The Labute approximate surface area is 124 Å². The minimum absolute atomic E-state index is 0.0624. The summed E-state index contributed by atoms with van der Waals surface area (Å²) in [7, 11) is 0. The van der Waals surface area contributed by atoms with Gasteiger partial charge in [0.1, 0.15) is 0 Å². The van der Waals surface area contributed by atoms with Crippen molar-refractivity contribution in [2.24, 2.45) is 5.84 Å². The van der Waals surface area contributed by atoms with Crippen LogP contribution >= 0.6 is 11.3 Å². The van der Waals surface area contributed by atoms with Gasteiger partial charge in [-0.2, -0.15) is 13.2 Å². The van der Waals surface area contributed by atoms with E-state index in [1.165, 1.54) is 28.0 Å². The summed E-state index contributed by atoms with van der Waals surface area (Å²) in [5.74, 6) is 5.53. The molecule has 0 spiro atoms. The van der Waals surface area contributed by atoms with Gasteiger partial charge in [-0.05, 0) is 37.0 Å². The van der Waals surface area contributed by atoms with E-state index in [0.29, 0.717) is 0 Å². The Hall–Kier alpha value is -1.44. The third-order valence-corrected chi connectivity index (χ3v) is 4.99. The molecule has 1 unspecified atom stereocenters. The van der Waals surface area contributed by atoms with Crippen LogP contribution in [0.1, 0.15) is 38.9 Å². The number of hydrogen-bond donors (Lipinski definition) is 2. The Kier molecular flexibility index (Phi) is 3.73. The first-order chi connectivity index (χ1) is 10.0. The van der Waals surface area contributed by atoms with Crippen LogP contribution < -0.4 is 11.3 Å². The van der Waals surface area contributed by atoms with Crippen molar-refractivity contribution >= 4 is 11.3 Å². The normalized spacial score (nSPS) is 16.0. The molecule has 3 rings (SSSR count). The molecule has 0 bridgehead atoms. The van der Waals surface area contributed by atoms with E-state index in [1.54, 1.807) is 0 Å². The maximum absolute atomic E-state index is 13.1. The number of halogens is 3. The summed E-state index contributed by atoms with van der Waals surface area (Å²) in [4.78, 5) is 5.88. The Bertz CT molecular complexity index is 630. The van der Waals surface area contributed by atoms with Crippen LogP contribution in [-0.2, 0) is 19.0 Å². The molecule has 0 aromatic carbocycles. The van der Waals surface area contributed by atoms with Crippen LogP contribution in [0.25, 0.3) is 0 Å². The smallest absolute Gasteiger partial charge is 0.271 e. The van der Waals surface area contributed by atoms with Crippen LogP contribution in [0.2, 0.25) is 0 Å². The molecule has 112 valence electrons. The molecule has 0 radical (unpaired) electrons. The first kappa shape index (κ1) is 14.5. The third kappa shape index (κ3) is 2.68. The maximum Gasteiger partial charge on any atom is 0.416 e. The van der Waals surface area contributed by atoms with Gasteiger partial charge in [-0.25, -0.2) is 5.43 Å². The van der Waals surface area contributed by atoms with Gasteiger partial charge in [-0.15, -0.1) is 11.3 Å². The largest absolute Gasteiger partial charge is 0.416 e. The summed E-state index contributed by atoms with van der Waals surface area (Å²) in [6, 6.07) is 2.26. The van der Waals surface area contributed by atoms with E-state index >= 15 is 0 Å². The van der Waals surface area contributed by atoms with Crippen LogP contribution in [-0.4, -0.2) is 4.98 Å². The molecule has 0 fully saturated rings. The lowest BCUT2D eigenvalue weighted by atomic mass is 10.0. The molecule has 1 atom stereocenters. The topological polar surface area (TPSA) is 50.9 Å². The molecule has 3 N–H and O–H groups in total. The highest BCUT2D eigenvalue weighted by Gasteiger charge is 2.36. The third-order valence-electron chi connectivity index (χ3n) is 3.69. The van der Waals surface area contributed by atoms with Gasteiger partial charge in [0.15, 0.2) is 0 Å². The summed E-state index contributed by atoms with van der Waals surface area (Å²) in [6.45, 7) is 0. The number of pyridine rings is 1. The second-order valence-corrected chi connectivity index (χ2v) is 6.18. The summed E-state index contributed by atoms with van der Waals surface area (Å²) < 4.78 is 39.4. The van der Waals surface area contributed by atoms with E-state index in [2.05, 4.69) is 10.4 Å². The number of fused-ring (bicyclic) bond motifs is 1. The van der Waals surface area contributed by atoms with Gasteiger partial charge in [0.25, 0.3) is 0 Å². The molecule has 0 saturated heterocycles. The molecule has 0 amide bonds. The van der Waals surface area contributed by atoms with Gasteiger partial charge in [-0.1, -0.05) is 0 Å². The van der Waals surface area contributed by atoms with Crippen LogP contribution in [0.4, 0.5) is 13.2 Å². The Balaban J connectivity index is 2.04. The van der Waals surface area contributed by atoms with Gasteiger partial charge in [0.05, 0.1) is 11.6 Å². The average Bonchev–Trinajstić information content (AvgIpc) is 3.00. The predicted octanol–water partition coefficient (Wildman–Crippen LogP) is 3.20. The van der Waals surface area contributed by atoms with Crippen molar-refractivity contribution in [1.29, 1.82) is 0 Å². The fraction of sp³-hybridized carbons (Fsp3) is 0.357. The molecule has 7 heteroatoms. The number of thiophene rings is 1. The van der Waals surface area contributed by atoms with Crippen molar-refractivity contribution < 1.29 is 13.2 Å². The standard InChI is InChI=1S/C14H14F3N3S/c15-14(16,17)10-4-5-19-7-9(10)13(20-18)12-6-8-2-1-3-11(8)21-12/h4-7,13,20H,1-3,18H2. The molecule has 0 aliphatic heterocycles. The molecule has 0 saturated carbocycles. The summed E-state index contributed by atoms with van der Waals surface area (Å²) >= 11 is 1.53. The van der Waals surface area contributed by atoms with Crippen molar-refractivity contribution in [1.82, 2.24) is 10.4 Å². The number of hydrazine groups is 1. The second-order valence-electron chi connectivity index (χ2n) is 5.01. The number of nitrogens with two attached hydrogens (primary N) is 1. The van der Waals surface area contributed by atoms with E-state index in [9.17, 15) is 13.2 Å². The summed E-state index contributed by atoms with van der Waals surface area (Å²) in [5.41, 5.74) is 3.10. The van der Waals surface area contributed by atoms with Gasteiger partial charge < -0.3 is 0 Å². The van der Waals surface area contributed by atoms with Crippen molar-refractivity contribution in [3.8, 4) is 0 Å². The molecule has 2 aromatic rings. The number of rotatable bonds is 3.